The molecule has 26 heavy (non-hydrogen) atoms. The summed E-state index contributed by atoms with van der Waals surface area (Å²) in [7, 11) is 1.33. The van der Waals surface area contributed by atoms with Gasteiger partial charge in [0.25, 0.3) is 0 Å². The predicted molar refractivity (Wildman–Crippen MR) is 102 cm³/mol. The lowest BCUT2D eigenvalue weighted by molar-refractivity contribution is 0.0593. The zero-order chi connectivity index (χ0) is 18.3. The normalized spacial score (nSPS) is 16.4. The second-order valence-electron chi connectivity index (χ2n) is 6.86. The van der Waals surface area contributed by atoms with Crippen LogP contribution in [0.2, 0.25) is 10.0 Å². The van der Waals surface area contributed by atoms with Crippen molar-refractivity contribution in [2.75, 3.05) is 18.6 Å². The number of esters is 1. The fraction of sp³-hybridized carbons (Fsp3) is 0.421. The third kappa shape index (κ3) is 3.64. The van der Waals surface area contributed by atoms with E-state index in [0.29, 0.717) is 28.5 Å². The van der Waals surface area contributed by atoms with E-state index in [2.05, 4.69) is 9.88 Å². The molecule has 2 aliphatic rings. The molecule has 4 rings (SSSR count). The summed E-state index contributed by atoms with van der Waals surface area (Å²) in [5, 5.41) is 0.902. The van der Waals surface area contributed by atoms with Gasteiger partial charge in [-0.1, -0.05) is 23.2 Å². The second-order valence-corrected chi connectivity index (χ2v) is 7.68. The second kappa shape index (κ2) is 7.05. The molecule has 2 aliphatic carbocycles. The van der Waals surface area contributed by atoms with Crippen LogP contribution in [-0.4, -0.2) is 29.6 Å². The first-order valence-corrected chi connectivity index (χ1v) is 9.51. The highest BCUT2D eigenvalue weighted by Crippen LogP contribution is 2.42. The van der Waals surface area contributed by atoms with Crippen molar-refractivity contribution in [2.24, 2.45) is 5.92 Å². The van der Waals surface area contributed by atoms with Gasteiger partial charge in [-0.2, -0.15) is 0 Å². The van der Waals surface area contributed by atoms with Crippen molar-refractivity contribution in [1.82, 2.24) is 9.97 Å². The number of ether oxygens (including phenoxy) is 1. The van der Waals surface area contributed by atoms with Crippen LogP contribution in [0.15, 0.2) is 24.3 Å². The maximum absolute atomic E-state index is 12.2. The highest BCUT2D eigenvalue weighted by atomic mass is 35.5. The van der Waals surface area contributed by atoms with Crippen molar-refractivity contribution in [2.45, 2.75) is 31.6 Å². The first-order valence-electron chi connectivity index (χ1n) is 8.75. The highest BCUT2D eigenvalue weighted by Gasteiger charge is 2.33. The van der Waals surface area contributed by atoms with Gasteiger partial charge in [0.15, 0.2) is 11.5 Å². The summed E-state index contributed by atoms with van der Waals surface area (Å²) in [6.45, 7) is 0.795. The minimum absolute atomic E-state index is 0.135. The Morgan fingerprint density at radius 2 is 1.85 bits per heavy atom. The predicted octanol–water partition coefficient (Wildman–Crippen LogP) is 5.00. The Bertz CT molecular complexity index is 833. The summed E-state index contributed by atoms with van der Waals surface area (Å²) < 4.78 is 4.87. The van der Waals surface area contributed by atoms with Crippen molar-refractivity contribution in [3.05, 3.63) is 45.8 Å². The maximum Gasteiger partial charge on any atom is 0.358 e. The van der Waals surface area contributed by atoms with Gasteiger partial charge in [0, 0.05) is 23.2 Å². The average molecular weight is 392 g/mol. The van der Waals surface area contributed by atoms with Crippen LogP contribution in [0.4, 0.5) is 11.5 Å². The minimum Gasteiger partial charge on any atom is -0.464 e. The molecule has 0 spiro atoms. The zero-order valence-corrected chi connectivity index (χ0v) is 15.9. The van der Waals surface area contributed by atoms with Gasteiger partial charge in [-0.25, -0.2) is 14.8 Å². The van der Waals surface area contributed by atoms with Crippen LogP contribution in [0.25, 0.3) is 0 Å². The molecule has 5 nitrogen and oxygen atoms in total. The van der Waals surface area contributed by atoms with Crippen LogP contribution in [0.5, 0.6) is 0 Å². The van der Waals surface area contributed by atoms with E-state index in [4.69, 9.17) is 32.9 Å². The summed E-state index contributed by atoms with van der Waals surface area (Å²) >= 11 is 12.6. The molecule has 136 valence electrons. The molecular weight excluding hydrogens is 373 g/mol. The molecular formula is C19H19Cl2N3O2. The van der Waals surface area contributed by atoms with Gasteiger partial charge in [0.2, 0.25) is 0 Å². The fourth-order valence-electron chi connectivity index (χ4n) is 2.88. The van der Waals surface area contributed by atoms with E-state index < -0.39 is 5.97 Å². The zero-order valence-electron chi connectivity index (χ0n) is 14.4. The SMILES string of the molecule is COC(=O)c1nc(C2CC2)nc(N(CC2CC2)c2ccc(Cl)cc2)c1Cl. The Morgan fingerprint density at radius 1 is 1.15 bits per heavy atom. The number of benzene rings is 1. The Balaban J connectivity index is 1.81. The summed E-state index contributed by atoms with van der Waals surface area (Å²) in [6.07, 6.45) is 4.44. The molecule has 2 saturated carbocycles. The minimum atomic E-state index is -0.539. The number of rotatable bonds is 6. The fourth-order valence-corrected chi connectivity index (χ4v) is 3.27. The summed E-state index contributed by atoms with van der Waals surface area (Å²) in [4.78, 5) is 23.4. The third-order valence-corrected chi connectivity index (χ3v) is 5.30. The lowest BCUT2D eigenvalue weighted by Crippen LogP contribution is -2.23. The molecule has 2 fully saturated rings. The molecule has 0 aliphatic heterocycles. The Labute approximate surface area is 162 Å². The molecule has 1 aromatic heterocycles. The molecule has 1 aromatic carbocycles. The van der Waals surface area contributed by atoms with E-state index in [1.807, 2.05) is 24.3 Å². The van der Waals surface area contributed by atoms with Crippen molar-refractivity contribution in [3.8, 4) is 0 Å². The number of anilines is 2. The number of hydrogen-bond acceptors (Lipinski definition) is 5. The molecule has 2 aromatic rings. The highest BCUT2D eigenvalue weighted by molar-refractivity contribution is 6.35. The Morgan fingerprint density at radius 3 is 2.42 bits per heavy atom. The van der Waals surface area contributed by atoms with E-state index >= 15 is 0 Å². The first-order chi connectivity index (χ1) is 12.6. The molecule has 0 amide bonds. The summed E-state index contributed by atoms with van der Waals surface area (Å²) in [5.74, 6) is 1.59. The number of halogens is 2. The maximum atomic E-state index is 12.2. The van der Waals surface area contributed by atoms with Gasteiger partial charge in [0.1, 0.15) is 10.8 Å². The van der Waals surface area contributed by atoms with Gasteiger partial charge < -0.3 is 9.64 Å². The average Bonchev–Trinajstić information content (AvgIpc) is 3.54. The van der Waals surface area contributed by atoms with Crippen LogP contribution < -0.4 is 4.90 Å². The van der Waals surface area contributed by atoms with Crippen molar-refractivity contribution in [1.29, 1.82) is 0 Å². The largest absolute Gasteiger partial charge is 0.464 e. The quantitative estimate of drug-likeness (QED) is 0.648. The molecule has 7 heteroatoms. The van der Waals surface area contributed by atoms with Gasteiger partial charge in [-0.3, -0.25) is 0 Å². The smallest absolute Gasteiger partial charge is 0.358 e. The van der Waals surface area contributed by atoms with E-state index in [-0.39, 0.29) is 10.7 Å². The Hall–Kier alpha value is -1.85. The molecule has 0 radical (unpaired) electrons. The molecule has 0 bridgehead atoms. The number of hydrogen-bond donors (Lipinski definition) is 0. The van der Waals surface area contributed by atoms with E-state index in [1.54, 1.807) is 0 Å². The van der Waals surface area contributed by atoms with Crippen LogP contribution in [0, 0.1) is 5.92 Å². The molecule has 1 heterocycles. The summed E-state index contributed by atoms with van der Waals surface area (Å²) in [6, 6.07) is 7.57. The molecule has 0 saturated heterocycles. The lowest BCUT2D eigenvalue weighted by Gasteiger charge is -2.26. The van der Waals surface area contributed by atoms with Gasteiger partial charge in [-0.05, 0) is 55.9 Å². The van der Waals surface area contributed by atoms with Crippen molar-refractivity contribution in [3.63, 3.8) is 0 Å². The molecule has 0 N–H and O–H groups in total. The summed E-state index contributed by atoms with van der Waals surface area (Å²) in [5.41, 5.74) is 1.08. The number of aromatic nitrogens is 2. The monoisotopic (exact) mass is 391 g/mol. The van der Waals surface area contributed by atoms with Crippen LogP contribution in [0.1, 0.15) is 47.9 Å². The van der Waals surface area contributed by atoms with E-state index in [0.717, 1.165) is 25.1 Å². The van der Waals surface area contributed by atoms with E-state index in [9.17, 15) is 4.79 Å². The standard InChI is InChI=1S/C19H19Cl2N3O2/c1-26-19(25)16-15(21)18(23-17(22-16)12-4-5-12)24(10-11-2-3-11)14-8-6-13(20)7-9-14/h6-9,11-12H,2-5,10H2,1H3. The van der Waals surface area contributed by atoms with Crippen LogP contribution in [-0.2, 0) is 4.74 Å². The number of carbonyl (C=O) groups is 1. The van der Waals surface area contributed by atoms with Crippen molar-refractivity contribution < 1.29 is 9.53 Å². The number of carbonyl (C=O) groups excluding carboxylic acids is 1. The van der Waals surface area contributed by atoms with Crippen LogP contribution in [0.3, 0.4) is 0 Å². The Kier molecular flexibility index (Phi) is 4.76. The topological polar surface area (TPSA) is 55.3 Å². The van der Waals surface area contributed by atoms with Gasteiger partial charge in [-0.15, -0.1) is 0 Å². The molecule has 0 atom stereocenters. The van der Waals surface area contributed by atoms with Crippen LogP contribution >= 0.6 is 23.2 Å². The third-order valence-electron chi connectivity index (χ3n) is 4.70. The van der Waals surface area contributed by atoms with Gasteiger partial charge >= 0.3 is 5.97 Å². The van der Waals surface area contributed by atoms with Gasteiger partial charge in [0.05, 0.1) is 7.11 Å². The lowest BCUT2D eigenvalue weighted by atomic mass is 10.2. The van der Waals surface area contributed by atoms with Crippen molar-refractivity contribution >= 4 is 40.7 Å². The number of nitrogens with zero attached hydrogens (tertiary/aromatic N) is 3. The first kappa shape index (κ1) is 17.6. The molecule has 0 unspecified atom stereocenters. The number of methoxy groups -OCH3 is 1. The van der Waals surface area contributed by atoms with E-state index in [1.165, 1.54) is 20.0 Å².